The van der Waals surface area contributed by atoms with Gasteiger partial charge in [-0.15, -0.1) is 0 Å². The number of carbonyl (C=O) groups is 1. The van der Waals surface area contributed by atoms with Crippen LogP contribution in [0.2, 0.25) is 5.02 Å². The highest BCUT2D eigenvalue weighted by Gasteiger charge is 2.22. The van der Waals surface area contributed by atoms with Gasteiger partial charge in [0.15, 0.2) is 10.1 Å². The molecule has 0 fully saturated rings. The molecule has 0 saturated heterocycles. The summed E-state index contributed by atoms with van der Waals surface area (Å²) in [5.74, 6) is 0.237. The number of nitrogens with zero attached hydrogens (tertiary/aromatic N) is 1. The average molecular weight is 466 g/mol. The molecule has 0 atom stereocenters. The van der Waals surface area contributed by atoms with Crippen molar-refractivity contribution in [1.29, 1.82) is 0 Å². The highest BCUT2D eigenvalue weighted by atomic mass is 35.5. The van der Waals surface area contributed by atoms with Gasteiger partial charge >= 0.3 is 0 Å². The first kappa shape index (κ1) is 21.9. The number of rotatable bonds is 7. The zero-order valence-corrected chi connectivity index (χ0v) is 18.0. The van der Waals surface area contributed by atoms with Crippen LogP contribution in [0, 0.1) is 0 Å². The second kappa shape index (κ2) is 9.33. The Kier molecular flexibility index (Phi) is 6.80. The van der Waals surface area contributed by atoms with Crippen LogP contribution < -0.4 is 15.6 Å². The number of carbonyl (C=O) groups excluding carboxylic acids is 1. The number of aromatic amines is 1. The molecule has 30 heavy (non-hydrogen) atoms. The maximum Gasteiger partial charge on any atom is 0.270 e. The molecule has 0 aliphatic heterocycles. The lowest BCUT2D eigenvalue weighted by Crippen LogP contribution is -2.20. The van der Waals surface area contributed by atoms with Gasteiger partial charge in [-0.3, -0.25) is 9.59 Å². The van der Waals surface area contributed by atoms with E-state index in [9.17, 15) is 18.0 Å². The molecule has 0 unspecified atom stereocenters. The van der Waals surface area contributed by atoms with Crippen LogP contribution in [-0.4, -0.2) is 37.2 Å². The fourth-order valence-corrected chi connectivity index (χ4v) is 4.40. The smallest absolute Gasteiger partial charge is 0.270 e. The van der Waals surface area contributed by atoms with E-state index >= 15 is 0 Å². The van der Waals surface area contributed by atoms with Crippen LogP contribution in [0.25, 0.3) is 0 Å². The molecule has 0 aliphatic rings. The molecule has 0 saturated carbocycles. The molecular formula is C19H16ClN3O5S2. The zero-order chi connectivity index (χ0) is 21.7. The van der Waals surface area contributed by atoms with Crippen LogP contribution in [0.4, 0.5) is 5.69 Å². The van der Waals surface area contributed by atoms with Gasteiger partial charge in [-0.25, -0.2) is 13.4 Å². The summed E-state index contributed by atoms with van der Waals surface area (Å²) in [6.07, 6.45) is 0.977. The number of sulfone groups is 1. The first-order valence-electron chi connectivity index (χ1n) is 8.46. The topological polar surface area (TPSA) is 118 Å². The van der Waals surface area contributed by atoms with Gasteiger partial charge in [-0.2, -0.15) is 0 Å². The molecule has 8 nitrogen and oxygen atoms in total. The third-order valence-electron chi connectivity index (χ3n) is 3.85. The van der Waals surface area contributed by atoms with Crippen LogP contribution in [0.1, 0.15) is 0 Å². The zero-order valence-electron chi connectivity index (χ0n) is 15.6. The SMILES string of the molecule is COc1cccc(NC(=O)CSc2ncc(S(=O)(=O)c3ccc(Cl)cc3)c(=O)[nH]2)c1. The lowest BCUT2D eigenvalue weighted by atomic mass is 10.3. The van der Waals surface area contributed by atoms with E-state index in [2.05, 4.69) is 15.3 Å². The number of anilines is 1. The number of aromatic nitrogens is 2. The summed E-state index contributed by atoms with van der Waals surface area (Å²) in [4.78, 5) is 30.2. The van der Waals surface area contributed by atoms with Crippen molar-refractivity contribution < 1.29 is 17.9 Å². The van der Waals surface area contributed by atoms with Crippen molar-refractivity contribution in [1.82, 2.24) is 9.97 Å². The van der Waals surface area contributed by atoms with E-state index in [0.29, 0.717) is 16.5 Å². The van der Waals surface area contributed by atoms with Crippen molar-refractivity contribution in [3.8, 4) is 5.75 Å². The number of benzene rings is 2. The number of H-pyrrole nitrogens is 1. The Bertz CT molecular complexity index is 1230. The third kappa shape index (κ3) is 5.21. The summed E-state index contributed by atoms with van der Waals surface area (Å²) in [6.45, 7) is 0. The minimum atomic E-state index is -4.05. The molecule has 1 amide bonds. The monoisotopic (exact) mass is 465 g/mol. The molecule has 1 heterocycles. The number of nitrogens with one attached hydrogen (secondary N) is 2. The fourth-order valence-electron chi connectivity index (χ4n) is 2.40. The van der Waals surface area contributed by atoms with Crippen LogP contribution in [0.15, 0.2) is 74.5 Å². The molecule has 1 aromatic heterocycles. The molecular weight excluding hydrogens is 450 g/mol. The molecule has 0 bridgehead atoms. The molecule has 3 aromatic rings. The highest BCUT2D eigenvalue weighted by Crippen LogP contribution is 2.21. The van der Waals surface area contributed by atoms with Gasteiger partial charge in [0, 0.05) is 16.8 Å². The van der Waals surface area contributed by atoms with E-state index < -0.39 is 20.3 Å². The summed E-state index contributed by atoms with van der Waals surface area (Å²) in [5, 5.41) is 3.19. The number of hydrogen-bond donors (Lipinski definition) is 2. The van der Waals surface area contributed by atoms with Gasteiger partial charge in [-0.1, -0.05) is 29.4 Å². The molecule has 0 aliphatic carbocycles. The third-order valence-corrected chi connectivity index (χ3v) is 6.75. The molecule has 0 radical (unpaired) electrons. The molecule has 11 heteroatoms. The van der Waals surface area contributed by atoms with Crippen molar-refractivity contribution in [2.24, 2.45) is 0 Å². The predicted octanol–water partition coefficient (Wildman–Crippen LogP) is 3.00. The van der Waals surface area contributed by atoms with Crippen LogP contribution >= 0.6 is 23.4 Å². The quantitative estimate of drug-likeness (QED) is 0.406. The van der Waals surface area contributed by atoms with Crippen molar-refractivity contribution in [2.45, 2.75) is 14.9 Å². The summed E-state index contributed by atoms with van der Waals surface area (Å²) in [5.41, 5.74) is -0.263. The summed E-state index contributed by atoms with van der Waals surface area (Å²) >= 11 is 6.74. The summed E-state index contributed by atoms with van der Waals surface area (Å²) in [6, 6.07) is 12.3. The van der Waals surface area contributed by atoms with E-state index in [1.807, 2.05) is 0 Å². The number of amides is 1. The van der Waals surface area contributed by atoms with Crippen LogP contribution in [0.3, 0.4) is 0 Å². The van der Waals surface area contributed by atoms with E-state index in [-0.39, 0.29) is 21.7 Å². The normalized spacial score (nSPS) is 11.1. The average Bonchev–Trinajstić information content (AvgIpc) is 2.72. The number of halogens is 1. The number of thioether (sulfide) groups is 1. The Labute approximate surface area is 181 Å². The Morgan fingerprint density at radius 3 is 2.63 bits per heavy atom. The first-order chi connectivity index (χ1) is 14.3. The first-order valence-corrected chi connectivity index (χ1v) is 11.3. The van der Waals surface area contributed by atoms with E-state index in [0.717, 1.165) is 18.0 Å². The lowest BCUT2D eigenvalue weighted by Gasteiger charge is -2.07. The minimum absolute atomic E-state index is 0.0383. The van der Waals surface area contributed by atoms with Gasteiger partial charge in [0.2, 0.25) is 15.7 Å². The Hall–Kier alpha value is -2.82. The van der Waals surface area contributed by atoms with E-state index in [1.54, 1.807) is 24.3 Å². The van der Waals surface area contributed by atoms with Gasteiger partial charge in [0.05, 0.1) is 24.0 Å². The minimum Gasteiger partial charge on any atom is -0.497 e. The Balaban J connectivity index is 1.68. The van der Waals surface area contributed by atoms with Gasteiger partial charge in [-0.05, 0) is 36.4 Å². The predicted molar refractivity (Wildman–Crippen MR) is 114 cm³/mol. The van der Waals surface area contributed by atoms with Crippen molar-refractivity contribution >= 4 is 44.8 Å². The van der Waals surface area contributed by atoms with Gasteiger partial charge in [0.25, 0.3) is 5.56 Å². The van der Waals surface area contributed by atoms with Crippen molar-refractivity contribution in [3.05, 3.63) is 70.1 Å². The second-order valence-electron chi connectivity index (χ2n) is 5.91. The Morgan fingerprint density at radius 2 is 1.97 bits per heavy atom. The van der Waals surface area contributed by atoms with Crippen LogP contribution in [-0.2, 0) is 14.6 Å². The maximum absolute atomic E-state index is 12.6. The fraction of sp³-hybridized carbons (Fsp3) is 0.105. The highest BCUT2D eigenvalue weighted by molar-refractivity contribution is 7.99. The largest absolute Gasteiger partial charge is 0.497 e. The van der Waals surface area contributed by atoms with Crippen LogP contribution in [0.5, 0.6) is 5.75 Å². The molecule has 0 spiro atoms. The summed E-state index contributed by atoms with van der Waals surface area (Å²) < 4.78 is 30.3. The number of ether oxygens (including phenoxy) is 1. The standard InChI is InChI=1S/C19H16ClN3O5S2/c1-28-14-4-2-3-13(9-14)22-17(24)11-29-19-21-10-16(18(25)23-19)30(26,27)15-7-5-12(20)6-8-15/h2-10H,11H2,1H3,(H,22,24)(H,21,23,25). The number of hydrogen-bond acceptors (Lipinski definition) is 7. The van der Waals surface area contributed by atoms with E-state index in [1.165, 1.54) is 31.4 Å². The van der Waals surface area contributed by atoms with Crippen molar-refractivity contribution in [2.75, 3.05) is 18.2 Å². The molecule has 2 N–H and O–H groups in total. The van der Waals surface area contributed by atoms with Crippen molar-refractivity contribution in [3.63, 3.8) is 0 Å². The molecule has 3 rings (SSSR count). The van der Waals surface area contributed by atoms with E-state index in [4.69, 9.17) is 16.3 Å². The van der Waals surface area contributed by atoms with Gasteiger partial charge < -0.3 is 15.0 Å². The maximum atomic E-state index is 12.6. The molecule has 156 valence electrons. The lowest BCUT2D eigenvalue weighted by molar-refractivity contribution is -0.113. The van der Waals surface area contributed by atoms with Gasteiger partial charge in [0.1, 0.15) is 5.75 Å². The number of methoxy groups -OCH3 is 1. The molecule has 2 aromatic carbocycles. The second-order valence-corrected chi connectivity index (χ2v) is 9.23. The Morgan fingerprint density at radius 1 is 1.23 bits per heavy atom. The summed E-state index contributed by atoms with van der Waals surface area (Å²) in [7, 11) is -2.52.